The van der Waals surface area contributed by atoms with Gasteiger partial charge in [0.05, 0.1) is 0 Å². The number of benzene rings is 1. The highest BCUT2D eigenvalue weighted by molar-refractivity contribution is 7.52. The van der Waals surface area contributed by atoms with Crippen molar-refractivity contribution in [3.8, 4) is 0 Å². The van der Waals surface area contributed by atoms with Gasteiger partial charge in [-0.05, 0) is 18.9 Å². The van der Waals surface area contributed by atoms with E-state index >= 15 is 0 Å². The number of hydrogen-bond acceptors (Lipinski definition) is 4. The molecule has 0 saturated carbocycles. The van der Waals surface area contributed by atoms with Crippen LogP contribution in [0.5, 0.6) is 0 Å². The topological polar surface area (TPSA) is 125 Å². The lowest BCUT2D eigenvalue weighted by molar-refractivity contribution is -0.123. The van der Waals surface area contributed by atoms with Gasteiger partial charge in [0.15, 0.2) is 0 Å². The van der Waals surface area contributed by atoms with Gasteiger partial charge in [0, 0.05) is 0 Å². The van der Waals surface area contributed by atoms with Gasteiger partial charge in [0.2, 0.25) is 5.91 Å². The molecular weight excluding hydrogens is 335 g/mol. The van der Waals surface area contributed by atoms with Gasteiger partial charge in [-0.15, -0.1) is 0 Å². The summed E-state index contributed by atoms with van der Waals surface area (Å²) in [6, 6.07) is 8.14. The van der Waals surface area contributed by atoms with Gasteiger partial charge in [-0.25, -0.2) is 4.79 Å². The average molecular weight is 358 g/mol. The summed E-state index contributed by atoms with van der Waals surface area (Å²) in [4.78, 5) is 41.9. The van der Waals surface area contributed by atoms with Crippen LogP contribution in [0.4, 0.5) is 4.79 Å². The van der Waals surface area contributed by atoms with E-state index in [0.717, 1.165) is 5.56 Å². The third kappa shape index (κ3) is 7.12. The predicted octanol–water partition coefficient (Wildman–Crippen LogP) is 1.72. The number of ether oxygens (including phenoxy) is 1. The van der Waals surface area contributed by atoms with Crippen LogP contribution in [0, 0.1) is 0 Å². The molecular formula is C15H23N2O6P. The van der Waals surface area contributed by atoms with Gasteiger partial charge in [0.1, 0.15) is 18.4 Å². The largest absolute Gasteiger partial charge is 0.445 e. The molecule has 0 unspecified atom stereocenters. The van der Waals surface area contributed by atoms with Crippen molar-refractivity contribution in [2.24, 2.45) is 0 Å². The molecule has 2 atom stereocenters. The number of alkyl carbamates (subject to hydrolysis) is 1. The minimum atomic E-state index is -4.43. The Bertz CT molecular complexity index is 589. The molecule has 24 heavy (non-hydrogen) atoms. The molecule has 0 aliphatic heterocycles. The van der Waals surface area contributed by atoms with Gasteiger partial charge in [-0.2, -0.15) is 0 Å². The lowest BCUT2D eigenvalue weighted by Gasteiger charge is -2.21. The fraction of sp³-hybridized carbons (Fsp3) is 0.467. The lowest BCUT2D eigenvalue weighted by Crippen LogP contribution is -2.49. The summed E-state index contributed by atoms with van der Waals surface area (Å²) in [5, 5.41) is 4.63. The maximum absolute atomic E-state index is 12.1. The summed E-state index contributed by atoms with van der Waals surface area (Å²) in [5.74, 6) is -1.99. The molecule has 4 N–H and O–H groups in total. The molecule has 0 radical (unpaired) electrons. The van der Waals surface area contributed by atoms with E-state index in [2.05, 4.69) is 10.6 Å². The highest BCUT2D eigenvalue weighted by Crippen LogP contribution is 2.39. The van der Waals surface area contributed by atoms with Crippen LogP contribution >= 0.6 is 7.60 Å². The molecule has 0 bridgehead atoms. The highest BCUT2D eigenvalue weighted by Gasteiger charge is 2.29. The van der Waals surface area contributed by atoms with E-state index in [1.54, 1.807) is 12.1 Å². The van der Waals surface area contributed by atoms with Crippen LogP contribution in [-0.2, 0) is 20.7 Å². The molecule has 1 aromatic carbocycles. The summed E-state index contributed by atoms with van der Waals surface area (Å²) in [6.07, 6.45) is 0.151. The van der Waals surface area contributed by atoms with E-state index in [0.29, 0.717) is 12.8 Å². The molecule has 0 aliphatic carbocycles. The van der Waals surface area contributed by atoms with Crippen molar-refractivity contribution >= 4 is 19.6 Å². The van der Waals surface area contributed by atoms with Crippen molar-refractivity contribution in [3.63, 3.8) is 0 Å². The maximum Gasteiger partial charge on any atom is 0.408 e. The fourth-order valence-electron chi connectivity index (χ4n) is 1.86. The summed E-state index contributed by atoms with van der Waals surface area (Å²) in [5.41, 5.74) is 0.805. The van der Waals surface area contributed by atoms with E-state index < -0.39 is 31.4 Å². The Kier molecular flexibility index (Phi) is 7.91. The van der Waals surface area contributed by atoms with Crippen LogP contribution in [-0.4, -0.2) is 33.6 Å². The second-order valence-electron chi connectivity index (χ2n) is 5.32. The quantitative estimate of drug-likeness (QED) is 0.525. The monoisotopic (exact) mass is 358 g/mol. The van der Waals surface area contributed by atoms with Gasteiger partial charge >= 0.3 is 13.7 Å². The summed E-state index contributed by atoms with van der Waals surface area (Å²) < 4.78 is 16.1. The second kappa shape index (κ2) is 9.42. The Morgan fingerprint density at radius 1 is 1.21 bits per heavy atom. The average Bonchev–Trinajstić information content (AvgIpc) is 2.52. The summed E-state index contributed by atoms with van der Waals surface area (Å²) in [7, 11) is -4.43. The first-order chi connectivity index (χ1) is 11.2. The van der Waals surface area contributed by atoms with E-state index in [1.165, 1.54) is 6.92 Å². The molecule has 0 aliphatic rings. The molecule has 1 rings (SSSR count). The van der Waals surface area contributed by atoms with Crippen LogP contribution in [0.3, 0.4) is 0 Å². The number of amides is 2. The minimum Gasteiger partial charge on any atom is -0.445 e. The fourth-order valence-corrected chi connectivity index (χ4v) is 2.15. The van der Waals surface area contributed by atoms with Crippen molar-refractivity contribution in [2.45, 2.75) is 45.1 Å². The van der Waals surface area contributed by atoms with Crippen molar-refractivity contribution in [3.05, 3.63) is 35.9 Å². The zero-order chi connectivity index (χ0) is 18.2. The van der Waals surface area contributed by atoms with Gasteiger partial charge in [-0.1, -0.05) is 43.7 Å². The number of carbonyl (C=O) groups excluding carboxylic acids is 2. The molecule has 0 saturated heterocycles. The third-order valence-electron chi connectivity index (χ3n) is 3.25. The normalized spacial score (nSPS) is 13.7. The molecule has 0 spiro atoms. The van der Waals surface area contributed by atoms with Crippen molar-refractivity contribution < 1.29 is 28.7 Å². The van der Waals surface area contributed by atoms with E-state index in [1.807, 2.05) is 25.1 Å². The molecule has 8 nitrogen and oxygen atoms in total. The van der Waals surface area contributed by atoms with Gasteiger partial charge in [-0.3, -0.25) is 9.36 Å². The second-order valence-corrected chi connectivity index (χ2v) is 7.27. The maximum atomic E-state index is 12.1. The molecule has 9 heteroatoms. The molecule has 0 aromatic heterocycles. The van der Waals surface area contributed by atoms with Crippen LogP contribution in [0.2, 0.25) is 0 Å². The van der Waals surface area contributed by atoms with Crippen LogP contribution < -0.4 is 10.6 Å². The van der Waals surface area contributed by atoms with E-state index in [9.17, 15) is 14.2 Å². The molecule has 134 valence electrons. The minimum absolute atomic E-state index is 0.0615. The number of carbonyl (C=O) groups is 2. The van der Waals surface area contributed by atoms with Crippen LogP contribution in [0.1, 0.15) is 32.3 Å². The first kappa shape index (κ1) is 20.2. The Morgan fingerprint density at radius 3 is 2.38 bits per heavy atom. The Hall–Kier alpha value is -1.89. The predicted molar refractivity (Wildman–Crippen MR) is 88.1 cm³/mol. The first-order valence-electron chi connectivity index (χ1n) is 7.56. The SMILES string of the molecule is CCC[C@H](NC(=O)OCc1ccccc1)C(=O)N[C@@H](C)P(=O)(O)O. The smallest absolute Gasteiger partial charge is 0.408 e. The molecule has 2 amide bonds. The molecule has 1 aromatic rings. The van der Waals surface area contributed by atoms with Gasteiger partial charge in [0.25, 0.3) is 0 Å². The number of nitrogens with one attached hydrogen (secondary N) is 2. The first-order valence-corrected chi connectivity index (χ1v) is 9.25. The standard InChI is InChI=1S/C15H23N2O6P/c1-3-7-13(14(18)16-11(2)24(20,21)22)17-15(19)23-10-12-8-5-4-6-9-12/h4-6,8-9,11,13H,3,7,10H2,1-2H3,(H,16,18)(H,17,19)(H2,20,21,22)/t11-,13+/m1/s1. The number of rotatable bonds is 8. The Labute approximate surface area is 140 Å². The Balaban J connectivity index is 2.56. The summed E-state index contributed by atoms with van der Waals surface area (Å²) >= 11 is 0. The molecule has 0 fully saturated rings. The Morgan fingerprint density at radius 2 is 1.83 bits per heavy atom. The van der Waals surface area contributed by atoms with E-state index in [4.69, 9.17) is 14.5 Å². The zero-order valence-electron chi connectivity index (χ0n) is 13.6. The van der Waals surface area contributed by atoms with Crippen molar-refractivity contribution in [2.75, 3.05) is 0 Å². The lowest BCUT2D eigenvalue weighted by atomic mass is 10.1. The van der Waals surface area contributed by atoms with Crippen LogP contribution in [0.25, 0.3) is 0 Å². The summed E-state index contributed by atoms with van der Waals surface area (Å²) in [6.45, 7) is 3.09. The third-order valence-corrected chi connectivity index (χ3v) is 4.39. The van der Waals surface area contributed by atoms with Crippen molar-refractivity contribution in [1.82, 2.24) is 10.6 Å². The van der Waals surface area contributed by atoms with E-state index in [-0.39, 0.29) is 6.61 Å². The molecule has 0 heterocycles. The van der Waals surface area contributed by atoms with Crippen LogP contribution in [0.15, 0.2) is 30.3 Å². The van der Waals surface area contributed by atoms with Gasteiger partial charge < -0.3 is 25.2 Å². The zero-order valence-corrected chi connectivity index (χ0v) is 14.5. The van der Waals surface area contributed by atoms with Crippen molar-refractivity contribution in [1.29, 1.82) is 0 Å². The highest BCUT2D eigenvalue weighted by atomic mass is 31.2. The number of hydrogen-bond donors (Lipinski definition) is 4.